The van der Waals surface area contributed by atoms with Crippen LogP contribution in [0.1, 0.15) is 36.0 Å². The van der Waals surface area contributed by atoms with Crippen LogP contribution in [0.3, 0.4) is 0 Å². The molecule has 6 nitrogen and oxygen atoms in total. The molecule has 0 radical (unpaired) electrons. The van der Waals surface area contributed by atoms with E-state index in [2.05, 4.69) is 9.62 Å². The van der Waals surface area contributed by atoms with E-state index in [4.69, 9.17) is 0 Å². The molecule has 0 atom stereocenters. The molecule has 2 fully saturated rings. The number of nitrogens with one attached hydrogen (secondary N) is 1. The van der Waals surface area contributed by atoms with Crippen molar-refractivity contribution in [3.8, 4) is 0 Å². The fraction of sp³-hybridized carbons (Fsp3) is 0.409. The standard InChI is InChI=1S/C22H26FN3O3S/c23-18-6-8-19(9-7-18)24-30(28,29)21-5-3-4-17(16-21)22(27)26-14-10-20(11-15-26)25-12-1-2-13-25/h3-9,16,20,24H,1-2,10-15H2. The van der Waals surface area contributed by atoms with Gasteiger partial charge in [-0.15, -0.1) is 0 Å². The van der Waals surface area contributed by atoms with Gasteiger partial charge in [-0.1, -0.05) is 6.07 Å². The largest absolute Gasteiger partial charge is 0.339 e. The van der Waals surface area contributed by atoms with E-state index in [9.17, 15) is 17.6 Å². The zero-order chi connectivity index (χ0) is 21.1. The first-order valence-corrected chi connectivity index (χ1v) is 11.8. The molecule has 160 valence electrons. The molecule has 0 saturated carbocycles. The number of halogens is 1. The van der Waals surface area contributed by atoms with Gasteiger partial charge in [0.05, 0.1) is 4.90 Å². The maximum absolute atomic E-state index is 13.1. The Balaban J connectivity index is 1.43. The number of anilines is 1. The fourth-order valence-electron chi connectivity index (χ4n) is 4.25. The second kappa shape index (κ2) is 8.73. The van der Waals surface area contributed by atoms with E-state index in [0.717, 1.165) is 25.9 Å². The predicted molar refractivity (Wildman–Crippen MR) is 113 cm³/mol. The van der Waals surface area contributed by atoms with Gasteiger partial charge in [0.1, 0.15) is 5.82 Å². The Morgan fingerprint density at radius 3 is 2.30 bits per heavy atom. The highest BCUT2D eigenvalue weighted by atomic mass is 32.2. The summed E-state index contributed by atoms with van der Waals surface area (Å²) in [5.41, 5.74) is 0.619. The summed E-state index contributed by atoms with van der Waals surface area (Å²) in [5.74, 6) is -0.590. The second-order valence-corrected chi connectivity index (χ2v) is 9.59. The summed E-state index contributed by atoms with van der Waals surface area (Å²) in [5, 5.41) is 0. The van der Waals surface area contributed by atoms with Crippen molar-refractivity contribution in [2.45, 2.75) is 36.6 Å². The minimum Gasteiger partial charge on any atom is -0.339 e. The summed E-state index contributed by atoms with van der Waals surface area (Å²) in [6, 6.07) is 11.7. The van der Waals surface area contributed by atoms with E-state index in [1.807, 2.05) is 4.90 Å². The molecule has 0 spiro atoms. The van der Waals surface area contributed by atoms with Gasteiger partial charge in [0.15, 0.2) is 0 Å². The lowest BCUT2D eigenvalue weighted by molar-refractivity contribution is 0.0644. The third-order valence-corrected chi connectivity index (χ3v) is 7.28. The van der Waals surface area contributed by atoms with Crippen molar-refractivity contribution >= 4 is 21.6 Å². The van der Waals surface area contributed by atoms with E-state index in [-0.39, 0.29) is 16.5 Å². The maximum Gasteiger partial charge on any atom is 0.261 e. The molecule has 2 aliphatic heterocycles. The van der Waals surface area contributed by atoms with Crippen LogP contribution in [0.25, 0.3) is 0 Å². The number of amides is 1. The molecule has 2 heterocycles. The third kappa shape index (κ3) is 4.65. The lowest BCUT2D eigenvalue weighted by Crippen LogP contribution is -2.45. The molecule has 1 amide bonds. The highest BCUT2D eigenvalue weighted by Crippen LogP contribution is 2.23. The van der Waals surface area contributed by atoms with Crippen LogP contribution < -0.4 is 4.72 Å². The molecule has 1 N–H and O–H groups in total. The van der Waals surface area contributed by atoms with Crippen LogP contribution in [0.15, 0.2) is 53.4 Å². The van der Waals surface area contributed by atoms with E-state index >= 15 is 0 Å². The Morgan fingerprint density at radius 1 is 0.967 bits per heavy atom. The highest BCUT2D eigenvalue weighted by molar-refractivity contribution is 7.92. The number of carbonyl (C=O) groups excluding carboxylic acids is 1. The number of carbonyl (C=O) groups is 1. The van der Waals surface area contributed by atoms with Crippen molar-refractivity contribution in [2.75, 3.05) is 30.9 Å². The van der Waals surface area contributed by atoms with Gasteiger partial charge < -0.3 is 9.80 Å². The number of sulfonamides is 1. The molecule has 0 aromatic heterocycles. The number of hydrogen-bond acceptors (Lipinski definition) is 4. The highest BCUT2D eigenvalue weighted by Gasteiger charge is 2.29. The molecule has 2 saturated heterocycles. The van der Waals surface area contributed by atoms with Crippen LogP contribution in [0, 0.1) is 5.82 Å². The molecular weight excluding hydrogens is 405 g/mol. The second-order valence-electron chi connectivity index (χ2n) is 7.91. The van der Waals surface area contributed by atoms with E-state index < -0.39 is 15.8 Å². The van der Waals surface area contributed by atoms with Crippen LogP contribution in [0.4, 0.5) is 10.1 Å². The Kier molecular flexibility index (Phi) is 6.06. The van der Waals surface area contributed by atoms with Crippen molar-refractivity contribution in [1.29, 1.82) is 0 Å². The average Bonchev–Trinajstić information content (AvgIpc) is 3.30. The summed E-state index contributed by atoms with van der Waals surface area (Å²) >= 11 is 0. The Bertz CT molecular complexity index is 997. The average molecular weight is 432 g/mol. The van der Waals surface area contributed by atoms with Gasteiger partial charge >= 0.3 is 0 Å². The van der Waals surface area contributed by atoms with Crippen LogP contribution in [0.2, 0.25) is 0 Å². The first-order valence-electron chi connectivity index (χ1n) is 10.3. The zero-order valence-corrected chi connectivity index (χ0v) is 17.6. The van der Waals surface area contributed by atoms with Crippen molar-refractivity contribution in [3.63, 3.8) is 0 Å². The lowest BCUT2D eigenvalue weighted by atomic mass is 10.0. The Hall–Kier alpha value is -2.45. The van der Waals surface area contributed by atoms with E-state index in [0.29, 0.717) is 24.7 Å². The summed E-state index contributed by atoms with van der Waals surface area (Å²) in [6.45, 7) is 3.68. The molecule has 0 bridgehead atoms. The summed E-state index contributed by atoms with van der Waals surface area (Å²) in [7, 11) is -3.88. The van der Waals surface area contributed by atoms with Gasteiger partial charge in [-0.05, 0) is 81.2 Å². The first kappa shape index (κ1) is 20.8. The summed E-state index contributed by atoms with van der Waals surface area (Å²) < 4.78 is 40.9. The number of hydrogen-bond donors (Lipinski definition) is 1. The number of piperidine rings is 1. The molecule has 0 aliphatic carbocycles. The van der Waals surface area contributed by atoms with E-state index in [1.165, 1.54) is 49.2 Å². The van der Waals surface area contributed by atoms with Crippen LogP contribution in [-0.4, -0.2) is 56.3 Å². The minimum atomic E-state index is -3.88. The monoisotopic (exact) mass is 431 g/mol. The van der Waals surface area contributed by atoms with Crippen molar-refractivity contribution < 1.29 is 17.6 Å². The number of nitrogens with zero attached hydrogens (tertiary/aromatic N) is 2. The Morgan fingerprint density at radius 2 is 1.63 bits per heavy atom. The molecule has 30 heavy (non-hydrogen) atoms. The van der Waals surface area contributed by atoms with Crippen molar-refractivity contribution in [3.05, 3.63) is 59.9 Å². The molecular formula is C22H26FN3O3S. The number of benzene rings is 2. The normalized spacial score (nSPS) is 18.5. The van der Waals surface area contributed by atoms with Crippen molar-refractivity contribution in [1.82, 2.24) is 9.80 Å². The van der Waals surface area contributed by atoms with Crippen molar-refractivity contribution in [2.24, 2.45) is 0 Å². The van der Waals surface area contributed by atoms with Gasteiger partial charge in [-0.2, -0.15) is 0 Å². The van der Waals surface area contributed by atoms with Crippen LogP contribution in [-0.2, 0) is 10.0 Å². The molecule has 0 unspecified atom stereocenters. The maximum atomic E-state index is 13.1. The number of likely N-dealkylation sites (tertiary alicyclic amines) is 2. The zero-order valence-electron chi connectivity index (χ0n) is 16.8. The van der Waals surface area contributed by atoms with E-state index in [1.54, 1.807) is 12.1 Å². The van der Waals surface area contributed by atoms with Gasteiger partial charge in [0, 0.05) is 30.4 Å². The Labute approximate surface area is 176 Å². The van der Waals surface area contributed by atoms with Gasteiger partial charge in [-0.3, -0.25) is 9.52 Å². The topological polar surface area (TPSA) is 69.7 Å². The molecule has 2 aromatic rings. The SMILES string of the molecule is O=C(c1cccc(S(=O)(=O)Nc2ccc(F)cc2)c1)N1CCC(N2CCCC2)CC1. The quantitative estimate of drug-likeness (QED) is 0.789. The predicted octanol–water partition coefficient (Wildman–Crippen LogP) is 3.33. The molecule has 4 rings (SSSR count). The minimum absolute atomic E-state index is 0.00428. The van der Waals surface area contributed by atoms with Gasteiger partial charge in [-0.25, -0.2) is 12.8 Å². The molecule has 2 aliphatic rings. The lowest BCUT2D eigenvalue weighted by Gasteiger charge is -2.36. The molecule has 2 aromatic carbocycles. The van der Waals surface area contributed by atoms with Crippen LogP contribution in [0.5, 0.6) is 0 Å². The third-order valence-electron chi connectivity index (χ3n) is 5.90. The van der Waals surface area contributed by atoms with Gasteiger partial charge in [0.25, 0.3) is 15.9 Å². The summed E-state index contributed by atoms with van der Waals surface area (Å²) in [4.78, 5) is 17.3. The van der Waals surface area contributed by atoms with Gasteiger partial charge in [0.2, 0.25) is 0 Å². The fourth-order valence-corrected chi connectivity index (χ4v) is 5.36. The summed E-state index contributed by atoms with van der Waals surface area (Å²) in [6.07, 6.45) is 4.42. The smallest absolute Gasteiger partial charge is 0.261 e. The first-order chi connectivity index (χ1) is 14.4. The number of rotatable bonds is 5. The molecule has 8 heteroatoms. The van der Waals surface area contributed by atoms with Crippen LogP contribution >= 0.6 is 0 Å².